The number of ether oxygens (including phenoxy) is 1. The molecule has 1 aromatic heterocycles. The van der Waals surface area contributed by atoms with Crippen molar-refractivity contribution in [1.82, 2.24) is 14.7 Å². The maximum Gasteiger partial charge on any atom is 0.216 e. The van der Waals surface area contributed by atoms with Gasteiger partial charge in [0.2, 0.25) is 5.88 Å². The minimum atomic E-state index is 0. The second-order valence-electron chi connectivity index (χ2n) is 4.71. The predicted molar refractivity (Wildman–Crippen MR) is 86.0 cm³/mol. The smallest absolute Gasteiger partial charge is 0.216 e. The van der Waals surface area contributed by atoms with Crippen LogP contribution < -0.4 is 10.5 Å². The van der Waals surface area contributed by atoms with Gasteiger partial charge in [-0.2, -0.15) is 5.10 Å². The van der Waals surface area contributed by atoms with Gasteiger partial charge in [-0.3, -0.25) is 0 Å². The van der Waals surface area contributed by atoms with Gasteiger partial charge in [0, 0.05) is 20.1 Å². The first-order chi connectivity index (χ1) is 8.54. The normalized spacial score (nSPS) is 15.1. The summed E-state index contributed by atoms with van der Waals surface area (Å²) in [6, 6.07) is 0.575. The molecule has 19 heavy (non-hydrogen) atoms. The third-order valence-corrected chi connectivity index (χ3v) is 3.34. The number of aliphatic imine (C=N–C) groups is 1. The Labute approximate surface area is 131 Å². The van der Waals surface area contributed by atoms with Gasteiger partial charge in [-0.1, -0.05) is 0 Å². The molecule has 0 aromatic carbocycles. The maximum absolute atomic E-state index is 5.96. The molecule has 2 N–H and O–H groups in total. The van der Waals surface area contributed by atoms with Crippen molar-refractivity contribution < 1.29 is 4.74 Å². The highest BCUT2D eigenvalue weighted by atomic mass is 127. The summed E-state index contributed by atoms with van der Waals surface area (Å²) in [7, 11) is 5.49. The second kappa shape index (κ2) is 6.44. The van der Waals surface area contributed by atoms with Gasteiger partial charge in [0.05, 0.1) is 24.9 Å². The standard InChI is InChI=1S/C12H21N5O.HI/c1-8-10(11(18-4)17(3)15-8)7-14-12(13)16(2)9-5-6-9;/h9H,5-7H2,1-4H3,(H2,13,14);1H. The monoisotopic (exact) mass is 379 g/mol. The summed E-state index contributed by atoms with van der Waals surface area (Å²) in [5.41, 5.74) is 7.89. The Morgan fingerprint density at radius 3 is 2.74 bits per heavy atom. The number of guanidine groups is 1. The Balaban J connectivity index is 0.00000180. The Hall–Kier alpha value is -0.990. The van der Waals surface area contributed by atoms with E-state index >= 15 is 0 Å². The highest BCUT2D eigenvalue weighted by Crippen LogP contribution is 2.25. The molecule has 0 atom stereocenters. The first-order valence-corrected chi connectivity index (χ1v) is 6.13. The lowest BCUT2D eigenvalue weighted by Gasteiger charge is -2.16. The van der Waals surface area contributed by atoms with Crippen LogP contribution in [0.25, 0.3) is 0 Å². The van der Waals surface area contributed by atoms with Crippen molar-refractivity contribution in [3.63, 3.8) is 0 Å². The van der Waals surface area contributed by atoms with Crippen molar-refractivity contribution in [3.05, 3.63) is 11.3 Å². The van der Waals surface area contributed by atoms with Crippen molar-refractivity contribution in [2.45, 2.75) is 32.4 Å². The minimum absolute atomic E-state index is 0. The molecular formula is C12H22IN5O. The summed E-state index contributed by atoms with van der Waals surface area (Å²) in [6.45, 7) is 2.46. The molecule has 1 aromatic rings. The van der Waals surface area contributed by atoms with Crippen LogP contribution >= 0.6 is 24.0 Å². The Kier molecular flexibility index (Phi) is 5.45. The van der Waals surface area contributed by atoms with Crippen LogP contribution in [0.15, 0.2) is 4.99 Å². The first kappa shape index (κ1) is 16.1. The number of nitrogens with zero attached hydrogens (tertiary/aromatic N) is 4. The molecule has 1 aliphatic carbocycles. The highest BCUT2D eigenvalue weighted by molar-refractivity contribution is 14.0. The molecule has 1 fully saturated rings. The second-order valence-corrected chi connectivity index (χ2v) is 4.71. The van der Waals surface area contributed by atoms with Gasteiger partial charge in [0.1, 0.15) is 0 Å². The average molecular weight is 379 g/mol. The molecule has 0 bridgehead atoms. The third-order valence-electron chi connectivity index (χ3n) is 3.34. The summed E-state index contributed by atoms with van der Waals surface area (Å²) >= 11 is 0. The van der Waals surface area contributed by atoms with Crippen molar-refractivity contribution in [2.24, 2.45) is 17.8 Å². The molecule has 2 rings (SSSR count). The van der Waals surface area contributed by atoms with Crippen molar-refractivity contribution >= 4 is 29.9 Å². The van der Waals surface area contributed by atoms with E-state index in [-0.39, 0.29) is 24.0 Å². The molecular weight excluding hydrogens is 357 g/mol. The number of hydrogen-bond acceptors (Lipinski definition) is 3. The molecule has 1 heterocycles. The molecule has 0 saturated heterocycles. The lowest BCUT2D eigenvalue weighted by atomic mass is 10.2. The van der Waals surface area contributed by atoms with Crippen LogP contribution in [0.5, 0.6) is 5.88 Å². The van der Waals surface area contributed by atoms with E-state index in [1.807, 2.05) is 25.9 Å². The summed E-state index contributed by atoms with van der Waals surface area (Å²) in [5, 5.41) is 4.32. The van der Waals surface area contributed by atoms with Crippen LogP contribution in [-0.2, 0) is 13.6 Å². The zero-order valence-electron chi connectivity index (χ0n) is 11.9. The number of nitrogens with two attached hydrogens (primary N) is 1. The van der Waals surface area contributed by atoms with Gasteiger partial charge in [-0.15, -0.1) is 24.0 Å². The van der Waals surface area contributed by atoms with E-state index < -0.39 is 0 Å². The third kappa shape index (κ3) is 3.52. The molecule has 0 aliphatic heterocycles. The van der Waals surface area contributed by atoms with Crippen LogP contribution in [0.3, 0.4) is 0 Å². The van der Waals surface area contributed by atoms with E-state index in [1.165, 1.54) is 12.8 Å². The fraction of sp³-hybridized carbons (Fsp3) is 0.667. The average Bonchev–Trinajstić information content (AvgIpc) is 3.12. The van der Waals surface area contributed by atoms with E-state index in [4.69, 9.17) is 10.5 Å². The summed E-state index contributed by atoms with van der Waals surface area (Å²) in [6.07, 6.45) is 2.42. The largest absolute Gasteiger partial charge is 0.481 e. The predicted octanol–water partition coefficient (Wildman–Crippen LogP) is 1.26. The first-order valence-electron chi connectivity index (χ1n) is 6.13. The number of rotatable bonds is 4. The molecule has 0 radical (unpaired) electrons. The molecule has 6 nitrogen and oxygen atoms in total. The summed E-state index contributed by atoms with van der Waals surface area (Å²) in [5.74, 6) is 1.33. The van der Waals surface area contributed by atoms with Gasteiger partial charge in [-0.25, -0.2) is 9.67 Å². The maximum atomic E-state index is 5.96. The van der Waals surface area contributed by atoms with Gasteiger partial charge in [-0.05, 0) is 19.8 Å². The van der Waals surface area contributed by atoms with Gasteiger partial charge >= 0.3 is 0 Å². The number of aryl methyl sites for hydroxylation is 2. The van der Waals surface area contributed by atoms with Crippen LogP contribution in [0, 0.1) is 6.92 Å². The topological polar surface area (TPSA) is 68.7 Å². The quantitative estimate of drug-likeness (QED) is 0.486. The Bertz CT molecular complexity index is 467. The van der Waals surface area contributed by atoms with E-state index in [9.17, 15) is 0 Å². The van der Waals surface area contributed by atoms with E-state index in [2.05, 4.69) is 10.1 Å². The van der Waals surface area contributed by atoms with Crippen LogP contribution in [0.1, 0.15) is 24.1 Å². The van der Waals surface area contributed by atoms with E-state index in [0.717, 1.165) is 17.1 Å². The lowest BCUT2D eigenvalue weighted by Crippen LogP contribution is -2.35. The molecule has 0 amide bonds. The number of hydrogen-bond donors (Lipinski definition) is 1. The van der Waals surface area contributed by atoms with Crippen LogP contribution in [0.2, 0.25) is 0 Å². The number of halogens is 1. The fourth-order valence-corrected chi connectivity index (χ4v) is 2.04. The molecule has 0 unspecified atom stereocenters. The van der Waals surface area contributed by atoms with Gasteiger partial charge in [0.25, 0.3) is 0 Å². The number of methoxy groups -OCH3 is 1. The van der Waals surface area contributed by atoms with E-state index in [0.29, 0.717) is 18.5 Å². The molecule has 1 saturated carbocycles. The van der Waals surface area contributed by atoms with E-state index in [1.54, 1.807) is 11.8 Å². The van der Waals surface area contributed by atoms with Crippen molar-refractivity contribution in [1.29, 1.82) is 0 Å². The molecule has 1 aliphatic rings. The zero-order chi connectivity index (χ0) is 13.3. The fourth-order valence-electron chi connectivity index (χ4n) is 2.04. The van der Waals surface area contributed by atoms with Crippen molar-refractivity contribution in [2.75, 3.05) is 14.2 Å². The summed E-state index contributed by atoms with van der Waals surface area (Å²) in [4.78, 5) is 6.47. The van der Waals surface area contributed by atoms with Gasteiger partial charge in [0.15, 0.2) is 5.96 Å². The lowest BCUT2D eigenvalue weighted by molar-refractivity contribution is 0.369. The SMILES string of the molecule is COc1c(CN=C(N)N(C)C2CC2)c(C)nn1C.I. The Morgan fingerprint density at radius 2 is 2.21 bits per heavy atom. The van der Waals surface area contributed by atoms with Crippen LogP contribution in [-0.4, -0.2) is 40.8 Å². The van der Waals surface area contributed by atoms with Crippen molar-refractivity contribution in [3.8, 4) is 5.88 Å². The van der Waals surface area contributed by atoms with Gasteiger partial charge < -0.3 is 15.4 Å². The van der Waals surface area contributed by atoms with Crippen LogP contribution in [0.4, 0.5) is 0 Å². The minimum Gasteiger partial charge on any atom is -0.481 e. The molecule has 0 spiro atoms. The molecule has 7 heteroatoms. The molecule has 108 valence electrons. The zero-order valence-corrected chi connectivity index (χ0v) is 14.2. The highest BCUT2D eigenvalue weighted by Gasteiger charge is 2.27. The number of aromatic nitrogens is 2. The summed E-state index contributed by atoms with van der Waals surface area (Å²) < 4.78 is 7.05. The Morgan fingerprint density at radius 1 is 1.58 bits per heavy atom.